The fourth-order valence-corrected chi connectivity index (χ4v) is 2.36. The van der Waals surface area contributed by atoms with E-state index in [9.17, 15) is 0 Å². The van der Waals surface area contributed by atoms with Gasteiger partial charge in [-0.25, -0.2) is 4.98 Å². The Balaban J connectivity index is 2.05. The van der Waals surface area contributed by atoms with E-state index < -0.39 is 0 Å². The lowest BCUT2D eigenvalue weighted by atomic mass is 10.1. The minimum Gasteiger partial charge on any atom is -0.493 e. The maximum absolute atomic E-state index is 5.49. The van der Waals surface area contributed by atoms with Crippen molar-refractivity contribution in [3.05, 3.63) is 36.4 Å². The van der Waals surface area contributed by atoms with Crippen molar-refractivity contribution >= 4 is 0 Å². The maximum Gasteiger partial charge on any atom is 0.203 e. The van der Waals surface area contributed by atoms with Gasteiger partial charge in [0, 0.05) is 37.1 Å². The molecule has 0 amide bonds. The van der Waals surface area contributed by atoms with E-state index in [0.717, 1.165) is 12.1 Å². The predicted octanol–water partition coefficient (Wildman–Crippen LogP) is 2.09. The van der Waals surface area contributed by atoms with E-state index in [1.165, 1.54) is 0 Å². The number of imidazole rings is 1. The molecule has 1 heterocycles. The highest BCUT2D eigenvalue weighted by atomic mass is 16.5. The SMILES string of the molecule is COc1ccc(CN[C@H](C)Cn2ccnc2)c(OC)c1OC. The smallest absolute Gasteiger partial charge is 0.203 e. The minimum atomic E-state index is 0.298. The Morgan fingerprint density at radius 1 is 1.14 bits per heavy atom. The van der Waals surface area contributed by atoms with Gasteiger partial charge in [0.2, 0.25) is 5.75 Å². The molecule has 1 aromatic heterocycles. The third-order valence-electron chi connectivity index (χ3n) is 3.47. The number of aromatic nitrogens is 2. The summed E-state index contributed by atoms with van der Waals surface area (Å²) in [7, 11) is 4.86. The number of hydrogen-bond donors (Lipinski definition) is 1. The summed E-state index contributed by atoms with van der Waals surface area (Å²) < 4.78 is 18.2. The van der Waals surface area contributed by atoms with Crippen molar-refractivity contribution in [2.75, 3.05) is 21.3 Å². The molecule has 0 aliphatic carbocycles. The first kappa shape index (κ1) is 16.2. The number of hydrogen-bond acceptors (Lipinski definition) is 5. The highest BCUT2D eigenvalue weighted by Crippen LogP contribution is 2.39. The Hall–Kier alpha value is -2.21. The van der Waals surface area contributed by atoms with Crippen LogP contribution >= 0.6 is 0 Å². The Labute approximate surface area is 131 Å². The summed E-state index contributed by atoms with van der Waals surface area (Å²) in [6.45, 7) is 3.67. The lowest BCUT2D eigenvalue weighted by molar-refractivity contribution is 0.321. The first-order chi connectivity index (χ1) is 10.7. The van der Waals surface area contributed by atoms with Crippen LogP contribution in [0.15, 0.2) is 30.9 Å². The van der Waals surface area contributed by atoms with Gasteiger partial charge in [-0.2, -0.15) is 0 Å². The van der Waals surface area contributed by atoms with Crippen molar-refractivity contribution in [1.29, 1.82) is 0 Å². The molecule has 6 nitrogen and oxygen atoms in total. The fraction of sp³-hybridized carbons (Fsp3) is 0.438. The quantitative estimate of drug-likeness (QED) is 0.809. The Kier molecular flexibility index (Phi) is 5.66. The summed E-state index contributed by atoms with van der Waals surface area (Å²) in [5.74, 6) is 1.98. The molecule has 0 fully saturated rings. The molecule has 1 atom stereocenters. The van der Waals surface area contributed by atoms with Crippen molar-refractivity contribution in [2.24, 2.45) is 0 Å². The van der Waals surface area contributed by atoms with E-state index >= 15 is 0 Å². The van der Waals surface area contributed by atoms with Crippen molar-refractivity contribution < 1.29 is 14.2 Å². The van der Waals surface area contributed by atoms with Gasteiger partial charge in [0.15, 0.2) is 11.5 Å². The molecule has 2 rings (SSSR count). The van der Waals surface area contributed by atoms with Crippen molar-refractivity contribution in [3.8, 4) is 17.2 Å². The number of methoxy groups -OCH3 is 3. The molecule has 0 bridgehead atoms. The number of ether oxygens (including phenoxy) is 3. The minimum absolute atomic E-state index is 0.298. The Morgan fingerprint density at radius 2 is 1.91 bits per heavy atom. The molecular formula is C16H23N3O3. The number of benzene rings is 1. The number of nitrogens with one attached hydrogen (secondary N) is 1. The summed E-state index contributed by atoms with van der Waals surface area (Å²) in [5.41, 5.74) is 1.03. The average Bonchev–Trinajstić information content (AvgIpc) is 3.04. The maximum atomic E-state index is 5.49. The molecule has 0 radical (unpaired) electrons. The van der Waals surface area contributed by atoms with Crippen LogP contribution in [0.3, 0.4) is 0 Å². The Morgan fingerprint density at radius 3 is 2.50 bits per heavy atom. The first-order valence-electron chi connectivity index (χ1n) is 7.16. The zero-order chi connectivity index (χ0) is 15.9. The van der Waals surface area contributed by atoms with Crippen LogP contribution in [0.1, 0.15) is 12.5 Å². The zero-order valence-electron chi connectivity index (χ0n) is 13.5. The molecule has 0 aliphatic heterocycles. The molecule has 1 N–H and O–H groups in total. The van der Waals surface area contributed by atoms with Crippen LogP contribution in [0.25, 0.3) is 0 Å². The van der Waals surface area contributed by atoms with E-state index in [2.05, 4.69) is 17.2 Å². The van der Waals surface area contributed by atoms with Crippen molar-refractivity contribution in [2.45, 2.75) is 26.1 Å². The highest BCUT2D eigenvalue weighted by Gasteiger charge is 2.16. The molecule has 22 heavy (non-hydrogen) atoms. The molecule has 1 aromatic carbocycles. The molecule has 0 saturated carbocycles. The van der Waals surface area contributed by atoms with Crippen molar-refractivity contribution in [3.63, 3.8) is 0 Å². The van der Waals surface area contributed by atoms with Gasteiger partial charge in [-0.1, -0.05) is 6.07 Å². The van der Waals surface area contributed by atoms with Gasteiger partial charge in [-0.3, -0.25) is 0 Å². The van der Waals surface area contributed by atoms with Crippen LogP contribution in [0.4, 0.5) is 0 Å². The van der Waals surface area contributed by atoms with Crippen LogP contribution < -0.4 is 19.5 Å². The number of rotatable bonds is 8. The summed E-state index contributed by atoms with van der Waals surface area (Å²) in [4.78, 5) is 4.05. The summed E-state index contributed by atoms with van der Waals surface area (Å²) in [6.07, 6.45) is 5.55. The van der Waals surface area contributed by atoms with Gasteiger partial charge < -0.3 is 24.1 Å². The van der Waals surface area contributed by atoms with Gasteiger partial charge >= 0.3 is 0 Å². The molecule has 2 aromatic rings. The molecule has 0 saturated heterocycles. The first-order valence-corrected chi connectivity index (χ1v) is 7.16. The molecule has 0 spiro atoms. The second-order valence-corrected chi connectivity index (χ2v) is 5.03. The van der Waals surface area contributed by atoms with Crippen LogP contribution in [-0.2, 0) is 13.1 Å². The average molecular weight is 305 g/mol. The third kappa shape index (κ3) is 3.71. The van der Waals surface area contributed by atoms with Gasteiger partial charge in [0.05, 0.1) is 27.7 Å². The predicted molar refractivity (Wildman–Crippen MR) is 84.6 cm³/mol. The Bertz CT molecular complexity index is 585. The van der Waals surface area contributed by atoms with Crippen LogP contribution in [0, 0.1) is 0 Å². The van der Waals surface area contributed by atoms with Crippen LogP contribution in [0.5, 0.6) is 17.2 Å². The van der Waals surface area contributed by atoms with Gasteiger partial charge in [-0.15, -0.1) is 0 Å². The van der Waals surface area contributed by atoms with Crippen molar-refractivity contribution in [1.82, 2.24) is 14.9 Å². The van der Waals surface area contributed by atoms with E-state index in [1.54, 1.807) is 27.5 Å². The van der Waals surface area contributed by atoms with E-state index in [4.69, 9.17) is 14.2 Å². The second-order valence-electron chi connectivity index (χ2n) is 5.03. The lowest BCUT2D eigenvalue weighted by Gasteiger charge is -2.18. The summed E-state index contributed by atoms with van der Waals surface area (Å²) in [6, 6.07) is 4.17. The van der Waals surface area contributed by atoms with Crippen LogP contribution in [0.2, 0.25) is 0 Å². The highest BCUT2D eigenvalue weighted by molar-refractivity contribution is 5.55. The number of nitrogens with zero attached hydrogens (tertiary/aromatic N) is 2. The molecule has 6 heteroatoms. The standard InChI is InChI=1S/C16H23N3O3/c1-12(10-19-8-7-17-11-19)18-9-13-5-6-14(20-2)16(22-4)15(13)21-3/h5-8,11-12,18H,9-10H2,1-4H3/t12-/m1/s1. The second kappa shape index (κ2) is 7.70. The van der Waals surface area contributed by atoms with Crippen LogP contribution in [-0.4, -0.2) is 36.9 Å². The summed E-state index contributed by atoms with van der Waals surface area (Å²) in [5, 5.41) is 3.48. The largest absolute Gasteiger partial charge is 0.493 e. The van der Waals surface area contributed by atoms with E-state index in [-0.39, 0.29) is 0 Å². The van der Waals surface area contributed by atoms with E-state index in [1.807, 2.05) is 29.2 Å². The third-order valence-corrected chi connectivity index (χ3v) is 3.47. The van der Waals surface area contributed by atoms with Gasteiger partial charge in [0.1, 0.15) is 0 Å². The normalized spacial score (nSPS) is 12.0. The monoisotopic (exact) mass is 305 g/mol. The van der Waals surface area contributed by atoms with Gasteiger partial charge in [0.25, 0.3) is 0 Å². The molecule has 0 unspecified atom stereocenters. The molecule has 0 aliphatic rings. The van der Waals surface area contributed by atoms with E-state index in [0.29, 0.717) is 29.8 Å². The van der Waals surface area contributed by atoms with Gasteiger partial charge in [-0.05, 0) is 13.0 Å². The zero-order valence-corrected chi connectivity index (χ0v) is 13.5. The molecular weight excluding hydrogens is 282 g/mol. The summed E-state index contributed by atoms with van der Waals surface area (Å²) >= 11 is 0. The topological polar surface area (TPSA) is 57.5 Å². The molecule has 120 valence electrons. The fourth-order valence-electron chi connectivity index (χ4n) is 2.36. The lowest BCUT2D eigenvalue weighted by Crippen LogP contribution is -2.29.